The highest BCUT2D eigenvalue weighted by Crippen LogP contribution is 2.21. The summed E-state index contributed by atoms with van der Waals surface area (Å²) in [6.07, 6.45) is -0.481. The number of hydrogen-bond acceptors (Lipinski definition) is 5. The van der Waals surface area contributed by atoms with Crippen LogP contribution in [-0.2, 0) is 11.2 Å². The molecule has 1 amide bonds. The fourth-order valence-electron chi connectivity index (χ4n) is 2.10. The van der Waals surface area contributed by atoms with Gasteiger partial charge < -0.3 is 20.5 Å². The number of carbonyl (C=O) groups excluding carboxylic acids is 1. The summed E-state index contributed by atoms with van der Waals surface area (Å²) in [5, 5.41) is 19.3. The third kappa shape index (κ3) is 6.81. The van der Waals surface area contributed by atoms with E-state index < -0.39 is 11.9 Å². The van der Waals surface area contributed by atoms with Gasteiger partial charge in [-0.3, -0.25) is 4.79 Å². The Balaban J connectivity index is 1.84. The summed E-state index contributed by atoms with van der Waals surface area (Å²) in [5.41, 5.74) is 1.29. The number of hydrogen-bond donors (Lipinski definition) is 3. The molecule has 0 fully saturated rings. The number of aliphatic hydroxyl groups excluding tert-OH is 1. The summed E-state index contributed by atoms with van der Waals surface area (Å²) >= 11 is 1.52. The van der Waals surface area contributed by atoms with Gasteiger partial charge in [-0.15, -0.1) is 0 Å². The molecule has 25 heavy (non-hydrogen) atoms. The number of anilines is 1. The number of carbonyl (C=O) groups is 1. The topological polar surface area (TPSA) is 70.6 Å². The molecule has 0 bridgehead atoms. The Morgan fingerprint density at radius 2 is 2.16 bits per heavy atom. The molecular weight excluding hydrogens is 343 g/mol. The van der Waals surface area contributed by atoms with Gasteiger partial charge in [0, 0.05) is 24.3 Å². The van der Waals surface area contributed by atoms with Gasteiger partial charge in [0.2, 0.25) is 5.91 Å². The number of rotatable bonds is 9. The largest absolute Gasteiger partial charge is 0.488 e. The lowest BCUT2D eigenvalue weighted by Gasteiger charge is -2.15. The molecule has 0 saturated heterocycles. The van der Waals surface area contributed by atoms with Crippen LogP contribution in [0.4, 0.5) is 10.1 Å². The molecule has 0 saturated carbocycles. The molecule has 1 heterocycles. The molecule has 2 aromatic rings. The number of halogens is 1. The Morgan fingerprint density at radius 3 is 2.80 bits per heavy atom. The van der Waals surface area contributed by atoms with Crippen LogP contribution in [-0.4, -0.2) is 36.3 Å². The molecule has 1 aromatic carbocycles. The van der Waals surface area contributed by atoms with Gasteiger partial charge in [-0.05, 0) is 34.5 Å². The van der Waals surface area contributed by atoms with E-state index in [9.17, 15) is 14.3 Å². The Bertz CT molecular complexity index is 677. The average Bonchev–Trinajstić information content (AvgIpc) is 3.04. The zero-order valence-electron chi connectivity index (χ0n) is 14.3. The van der Waals surface area contributed by atoms with Gasteiger partial charge in [-0.1, -0.05) is 13.8 Å². The molecule has 1 aromatic heterocycles. The van der Waals surface area contributed by atoms with E-state index in [4.69, 9.17) is 4.74 Å². The Morgan fingerprint density at radius 1 is 1.36 bits per heavy atom. The van der Waals surface area contributed by atoms with Crippen molar-refractivity contribution in [2.24, 2.45) is 0 Å². The highest BCUT2D eigenvalue weighted by Gasteiger charge is 2.11. The number of nitrogens with one attached hydrogen (secondary N) is 2. The maximum absolute atomic E-state index is 14.1. The minimum Gasteiger partial charge on any atom is -0.488 e. The maximum Gasteiger partial charge on any atom is 0.228 e. The van der Waals surface area contributed by atoms with E-state index in [2.05, 4.69) is 10.6 Å². The number of ether oxygens (including phenoxy) is 1. The summed E-state index contributed by atoms with van der Waals surface area (Å²) in [4.78, 5) is 11.9. The lowest BCUT2D eigenvalue weighted by Crippen LogP contribution is -2.35. The van der Waals surface area contributed by atoms with Crippen LogP contribution in [0.25, 0.3) is 0 Å². The van der Waals surface area contributed by atoms with Gasteiger partial charge in [-0.25, -0.2) is 4.39 Å². The van der Waals surface area contributed by atoms with Crippen molar-refractivity contribution in [3.05, 3.63) is 46.4 Å². The van der Waals surface area contributed by atoms with E-state index >= 15 is 0 Å². The smallest absolute Gasteiger partial charge is 0.228 e. The van der Waals surface area contributed by atoms with Crippen LogP contribution < -0.4 is 15.4 Å². The first-order valence-electron chi connectivity index (χ1n) is 8.08. The van der Waals surface area contributed by atoms with Crippen molar-refractivity contribution in [3.8, 4) is 5.75 Å². The van der Waals surface area contributed by atoms with Gasteiger partial charge in [0.05, 0.1) is 6.42 Å². The van der Waals surface area contributed by atoms with Crippen molar-refractivity contribution in [1.82, 2.24) is 5.32 Å². The van der Waals surface area contributed by atoms with Crippen LogP contribution in [0.1, 0.15) is 19.4 Å². The summed E-state index contributed by atoms with van der Waals surface area (Å²) < 4.78 is 19.4. The van der Waals surface area contributed by atoms with Crippen LogP contribution >= 0.6 is 11.3 Å². The zero-order chi connectivity index (χ0) is 18.2. The monoisotopic (exact) mass is 366 g/mol. The van der Waals surface area contributed by atoms with Crippen molar-refractivity contribution < 1.29 is 19.0 Å². The highest BCUT2D eigenvalue weighted by molar-refractivity contribution is 7.08. The van der Waals surface area contributed by atoms with Crippen molar-refractivity contribution in [3.63, 3.8) is 0 Å². The zero-order valence-corrected chi connectivity index (χ0v) is 15.1. The maximum atomic E-state index is 14.1. The molecule has 136 valence electrons. The van der Waals surface area contributed by atoms with Crippen LogP contribution in [0.2, 0.25) is 0 Å². The number of thiophene rings is 1. The summed E-state index contributed by atoms with van der Waals surface area (Å²) in [5.74, 6) is -0.751. The van der Waals surface area contributed by atoms with Gasteiger partial charge in [0.15, 0.2) is 11.6 Å². The molecule has 0 aliphatic heterocycles. The molecular formula is C18H23FN2O3S. The first-order valence-corrected chi connectivity index (χ1v) is 9.03. The Kier molecular flexibility index (Phi) is 7.36. The van der Waals surface area contributed by atoms with Crippen LogP contribution in [0.3, 0.4) is 0 Å². The Hall–Kier alpha value is -1.96. The molecule has 2 rings (SSSR count). The van der Waals surface area contributed by atoms with Crippen LogP contribution in [0.15, 0.2) is 35.0 Å². The fraction of sp³-hybridized carbons (Fsp3) is 0.389. The quantitative estimate of drug-likeness (QED) is 0.638. The summed E-state index contributed by atoms with van der Waals surface area (Å²) in [7, 11) is 0. The highest BCUT2D eigenvalue weighted by atomic mass is 32.1. The lowest BCUT2D eigenvalue weighted by atomic mass is 10.2. The molecule has 0 aliphatic rings. The van der Waals surface area contributed by atoms with E-state index in [0.717, 1.165) is 5.56 Å². The molecule has 3 N–H and O–H groups in total. The third-order valence-electron chi connectivity index (χ3n) is 3.35. The first-order chi connectivity index (χ1) is 11.9. The van der Waals surface area contributed by atoms with E-state index in [1.54, 1.807) is 6.07 Å². The van der Waals surface area contributed by atoms with Crippen molar-refractivity contribution >= 4 is 22.9 Å². The molecule has 0 spiro atoms. The normalized spacial score (nSPS) is 12.2. The number of amides is 1. The fourth-order valence-corrected chi connectivity index (χ4v) is 2.76. The predicted octanol–water partition coefficient (Wildman–Crippen LogP) is 2.81. The van der Waals surface area contributed by atoms with Gasteiger partial charge >= 0.3 is 0 Å². The van der Waals surface area contributed by atoms with E-state index in [0.29, 0.717) is 12.2 Å². The standard InChI is InChI=1S/C18H23FN2O3S/c1-12(2)20-9-15(22)10-24-17-4-3-14(8-16(17)19)21-18(23)7-13-5-6-25-11-13/h3-6,8,11-12,15,20,22H,7,9-10H2,1-2H3,(H,21,23). The second-order valence-electron chi connectivity index (χ2n) is 6.03. The number of benzene rings is 1. The molecule has 5 nitrogen and oxygen atoms in total. The van der Waals surface area contributed by atoms with Gasteiger partial charge in [-0.2, -0.15) is 11.3 Å². The Labute approximate surface area is 150 Å². The van der Waals surface area contributed by atoms with Gasteiger partial charge in [0.1, 0.15) is 12.7 Å². The number of aliphatic hydroxyl groups is 1. The molecule has 0 aliphatic carbocycles. The van der Waals surface area contributed by atoms with Gasteiger partial charge in [0.25, 0.3) is 0 Å². The van der Waals surface area contributed by atoms with Crippen LogP contribution in [0, 0.1) is 5.82 Å². The SMILES string of the molecule is CC(C)NCC(O)COc1ccc(NC(=O)Cc2ccsc2)cc1F. The minimum atomic E-state index is -0.730. The first kappa shape index (κ1) is 19.4. The summed E-state index contributed by atoms with van der Waals surface area (Å²) in [6.45, 7) is 4.30. The van der Waals surface area contributed by atoms with Crippen molar-refractivity contribution in [2.75, 3.05) is 18.5 Å². The second-order valence-corrected chi connectivity index (χ2v) is 6.81. The van der Waals surface area contributed by atoms with Crippen molar-refractivity contribution in [2.45, 2.75) is 32.4 Å². The molecule has 1 unspecified atom stereocenters. The molecule has 1 atom stereocenters. The predicted molar refractivity (Wildman–Crippen MR) is 97.7 cm³/mol. The second kappa shape index (κ2) is 9.50. The average molecular weight is 366 g/mol. The lowest BCUT2D eigenvalue weighted by molar-refractivity contribution is -0.115. The van der Waals surface area contributed by atoms with E-state index in [1.165, 1.54) is 23.5 Å². The minimum absolute atomic E-state index is 0.0134. The van der Waals surface area contributed by atoms with E-state index in [1.807, 2.05) is 30.7 Å². The van der Waals surface area contributed by atoms with E-state index in [-0.39, 0.29) is 30.7 Å². The van der Waals surface area contributed by atoms with Crippen molar-refractivity contribution in [1.29, 1.82) is 0 Å². The molecule has 0 radical (unpaired) electrons. The summed E-state index contributed by atoms with van der Waals surface area (Å²) in [6, 6.07) is 6.35. The molecule has 7 heteroatoms. The van der Waals surface area contributed by atoms with Crippen LogP contribution in [0.5, 0.6) is 5.75 Å². The third-order valence-corrected chi connectivity index (χ3v) is 4.09.